The van der Waals surface area contributed by atoms with E-state index in [0.717, 1.165) is 0 Å². The van der Waals surface area contributed by atoms with Crippen molar-refractivity contribution in [1.29, 1.82) is 0 Å². The van der Waals surface area contributed by atoms with E-state index >= 15 is 0 Å². The van der Waals surface area contributed by atoms with Crippen molar-refractivity contribution in [3.8, 4) is 0 Å². The Morgan fingerprint density at radius 2 is 1.80 bits per heavy atom. The fourth-order valence-electron chi connectivity index (χ4n) is 2.22. The first kappa shape index (κ1) is 10.2. The average Bonchev–Trinajstić information content (AvgIpc) is 2.24. The lowest BCUT2D eigenvalue weighted by atomic mass is 9.92. The molecule has 0 radical (unpaired) electrons. The monoisotopic (exact) mass is 198 g/mol. The van der Waals surface area contributed by atoms with E-state index in [4.69, 9.17) is 0 Å². The molecule has 0 saturated heterocycles. The van der Waals surface area contributed by atoms with Crippen LogP contribution in [0.15, 0.2) is 30.4 Å². The van der Waals surface area contributed by atoms with Crippen molar-refractivity contribution in [2.45, 2.75) is 27.7 Å². The van der Waals surface area contributed by atoms with Crippen molar-refractivity contribution < 1.29 is 0 Å². The van der Waals surface area contributed by atoms with Crippen LogP contribution in [0.5, 0.6) is 0 Å². The van der Waals surface area contributed by atoms with Gasteiger partial charge in [-0.25, -0.2) is 0 Å². The van der Waals surface area contributed by atoms with Crippen LogP contribution in [0.2, 0.25) is 0 Å². The van der Waals surface area contributed by atoms with Crippen LogP contribution in [0.25, 0.3) is 11.6 Å². The van der Waals surface area contributed by atoms with Crippen molar-refractivity contribution >= 4 is 11.6 Å². The molecule has 0 heteroatoms. The Hall–Kier alpha value is -1.30. The Morgan fingerprint density at radius 1 is 1.07 bits per heavy atom. The number of aryl methyl sites for hydroxylation is 1. The van der Waals surface area contributed by atoms with Crippen LogP contribution in [0.4, 0.5) is 0 Å². The van der Waals surface area contributed by atoms with Gasteiger partial charge < -0.3 is 0 Å². The lowest BCUT2D eigenvalue weighted by Crippen LogP contribution is -2.29. The number of allylic oxidation sites excluding steroid dienone is 2. The summed E-state index contributed by atoms with van der Waals surface area (Å²) in [7, 11) is 0. The highest BCUT2D eigenvalue weighted by Crippen LogP contribution is 2.20. The maximum Gasteiger partial charge on any atom is 0.00168 e. The van der Waals surface area contributed by atoms with Gasteiger partial charge >= 0.3 is 0 Å². The molecule has 0 heterocycles. The van der Waals surface area contributed by atoms with Crippen LogP contribution in [0.3, 0.4) is 0 Å². The average molecular weight is 198 g/mol. The van der Waals surface area contributed by atoms with E-state index in [0.29, 0.717) is 0 Å². The molecule has 1 aliphatic carbocycles. The Labute approximate surface area is 91.6 Å². The van der Waals surface area contributed by atoms with E-state index in [2.05, 4.69) is 64.1 Å². The largest absolute Gasteiger partial charge is 0.0748 e. The van der Waals surface area contributed by atoms with Gasteiger partial charge in [-0.2, -0.15) is 0 Å². The zero-order valence-corrected chi connectivity index (χ0v) is 9.96. The first-order valence-corrected chi connectivity index (χ1v) is 5.48. The normalized spacial score (nSPS) is 18.0. The SMILES string of the molecule is CC1=c2c(C)cccc2=CC(C)(C)C=C1. The van der Waals surface area contributed by atoms with E-state index in [1.807, 2.05) is 0 Å². The molecule has 0 aromatic heterocycles. The van der Waals surface area contributed by atoms with Crippen LogP contribution in [0.1, 0.15) is 26.3 Å². The quantitative estimate of drug-likeness (QED) is 0.601. The molecule has 2 rings (SSSR count). The highest BCUT2D eigenvalue weighted by Gasteiger charge is 2.11. The molecule has 0 bridgehead atoms. The summed E-state index contributed by atoms with van der Waals surface area (Å²) >= 11 is 0. The number of hydrogen-bond acceptors (Lipinski definition) is 0. The fourth-order valence-corrected chi connectivity index (χ4v) is 2.22. The molecular formula is C15H18. The first-order valence-electron chi connectivity index (χ1n) is 5.48. The summed E-state index contributed by atoms with van der Waals surface area (Å²) < 4.78 is 0. The zero-order chi connectivity index (χ0) is 11.1. The van der Waals surface area contributed by atoms with Gasteiger partial charge in [-0.1, -0.05) is 50.3 Å². The molecule has 1 aliphatic rings. The first-order chi connectivity index (χ1) is 6.99. The van der Waals surface area contributed by atoms with Crippen LogP contribution in [-0.2, 0) is 0 Å². The topological polar surface area (TPSA) is 0 Å². The Kier molecular flexibility index (Phi) is 2.30. The fraction of sp³-hybridized carbons (Fsp3) is 0.333. The maximum absolute atomic E-state index is 2.35. The summed E-state index contributed by atoms with van der Waals surface area (Å²) in [5.41, 5.74) is 2.88. The van der Waals surface area contributed by atoms with Crippen LogP contribution < -0.4 is 10.4 Å². The van der Waals surface area contributed by atoms with E-state index < -0.39 is 0 Å². The smallest absolute Gasteiger partial charge is 0.00168 e. The molecule has 0 saturated carbocycles. The van der Waals surface area contributed by atoms with Gasteiger partial charge in [0.25, 0.3) is 0 Å². The zero-order valence-electron chi connectivity index (χ0n) is 9.96. The summed E-state index contributed by atoms with van der Waals surface area (Å²) in [4.78, 5) is 0. The predicted molar refractivity (Wildman–Crippen MR) is 66.9 cm³/mol. The van der Waals surface area contributed by atoms with E-state index in [9.17, 15) is 0 Å². The minimum atomic E-state index is 0.153. The second-order valence-corrected chi connectivity index (χ2v) is 5.02. The summed E-state index contributed by atoms with van der Waals surface area (Å²) in [5, 5.41) is 2.77. The molecule has 0 unspecified atom stereocenters. The lowest BCUT2D eigenvalue weighted by Gasteiger charge is -2.12. The van der Waals surface area contributed by atoms with Gasteiger partial charge in [-0.3, -0.25) is 0 Å². The molecule has 0 N–H and O–H groups in total. The maximum atomic E-state index is 2.35. The van der Waals surface area contributed by atoms with Gasteiger partial charge in [0.2, 0.25) is 0 Å². The molecule has 1 aromatic carbocycles. The van der Waals surface area contributed by atoms with Crippen molar-refractivity contribution in [2.75, 3.05) is 0 Å². The third kappa shape index (κ3) is 1.90. The summed E-state index contributed by atoms with van der Waals surface area (Å²) in [6.45, 7) is 8.86. The van der Waals surface area contributed by atoms with Gasteiger partial charge in [0, 0.05) is 5.41 Å². The second-order valence-electron chi connectivity index (χ2n) is 5.02. The highest BCUT2D eigenvalue weighted by atomic mass is 14.2. The molecular weight excluding hydrogens is 180 g/mol. The summed E-state index contributed by atoms with van der Waals surface area (Å²) in [5.74, 6) is 0. The van der Waals surface area contributed by atoms with Gasteiger partial charge in [0.1, 0.15) is 0 Å². The second kappa shape index (κ2) is 3.37. The molecule has 0 fully saturated rings. The molecule has 0 atom stereocenters. The molecule has 1 aromatic rings. The predicted octanol–water partition coefficient (Wildman–Crippen LogP) is 2.54. The third-order valence-corrected chi connectivity index (χ3v) is 2.99. The van der Waals surface area contributed by atoms with Gasteiger partial charge in [0.05, 0.1) is 0 Å². The molecule has 0 spiro atoms. The molecule has 15 heavy (non-hydrogen) atoms. The number of benzene rings is 1. The van der Waals surface area contributed by atoms with Crippen molar-refractivity contribution in [1.82, 2.24) is 0 Å². The molecule has 0 amide bonds. The minimum absolute atomic E-state index is 0.153. The van der Waals surface area contributed by atoms with E-state index in [1.54, 1.807) is 0 Å². The Balaban J connectivity index is 2.93. The third-order valence-electron chi connectivity index (χ3n) is 2.99. The van der Waals surface area contributed by atoms with Crippen LogP contribution in [-0.4, -0.2) is 0 Å². The Morgan fingerprint density at radius 3 is 2.53 bits per heavy atom. The lowest BCUT2D eigenvalue weighted by molar-refractivity contribution is 0.670. The van der Waals surface area contributed by atoms with Crippen molar-refractivity contribution in [2.24, 2.45) is 5.41 Å². The van der Waals surface area contributed by atoms with Crippen molar-refractivity contribution in [3.63, 3.8) is 0 Å². The van der Waals surface area contributed by atoms with E-state index in [1.165, 1.54) is 21.6 Å². The number of fused-ring (bicyclic) bond motifs is 1. The van der Waals surface area contributed by atoms with Crippen LogP contribution >= 0.6 is 0 Å². The highest BCUT2D eigenvalue weighted by molar-refractivity contribution is 5.60. The standard InChI is InChI=1S/C15H18/c1-11-6-5-7-13-10-15(3,4)9-8-12(2)14(11)13/h5-10H,1-4H3. The molecule has 78 valence electrons. The van der Waals surface area contributed by atoms with Gasteiger partial charge in [-0.15, -0.1) is 0 Å². The van der Waals surface area contributed by atoms with Crippen molar-refractivity contribution in [3.05, 3.63) is 46.4 Å². The summed E-state index contributed by atoms with van der Waals surface area (Å²) in [6.07, 6.45) is 6.87. The van der Waals surface area contributed by atoms with Gasteiger partial charge in [-0.05, 0) is 35.4 Å². The van der Waals surface area contributed by atoms with E-state index in [-0.39, 0.29) is 5.41 Å². The number of rotatable bonds is 0. The molecule has 0 aliphatic heterocycles. The summed E-state index contributed by atoms with van der Waals surface area (Å²) in [6, 6.07) is 6.53. The Bertz CT molecular complexity index is 528. The minimum Gasteiger partial charge on any atom is -0.0748 e. The number of hydrogen-bond donors (Lipinski definition) is 0. The van der Waals surface area contributed by atoms with Gasteiger partial charge in [0.15, 0.2) is 0 Å². The molecule has 0 nitrogen and oxygen atoms in total. The van der Waals surface area contributed by atoms with Crippen LogP contribution in [0, 0.1) is 12.3 Å².